The van der Waals surface area contributed by atoms with Crippen LogP contribution in [0.3, 0.4) is 0 Å². The van der Waals surface area contributed by atoms with Crippen molar-refractivity contribution in [2.75, 3.05) is 11.9 Å². The Kier molecular flexibility index (Phi) is 4.25. The van der Waals surface area contributed by atoms with Crippen molar-refractivity contribution in [3.05, 3.63) is 47.3 Å². The number of hydrogen-bond acceptors (Lipinski definition) is 2. The molecule has 0 spiro atoms. The predicted octanol–water partition coefficient (Wildman–Crippen LogP) is 3.80. The number of imidazole rings is 1. The minimum absolute atomic E-state index is 0.585. The van der Waals surface area contributed by atoms with E-state index in [1.165, 1.54) is 11.1 Å². The number of hydrogen-bond donors (Lipinski definition) is 1. The Morgan fingerprint density at radius 1 is 1.21 bits per heavy atom. The van der Waals surface area contributed by atoms with Crippen LogP contribution in [-0.4, -0.2) is 16.1 Å². The zero-order chi connectivity index (χ0) is 13.8. The topological polar surface area (TPSA) is 29.9 Å². The summed E-state index contributed by atoms with van der Waals surface area (Å²) in [6.07, 6.45) is 2.09. The molecule has 0 aliphatic rings. The van der Waals surface area contributed by atoms with Gasteiger partial charge in [0.25, 0.3) is 0 Å². The smallest absolute Gasteiger partial charge is 0.203 e. The molecule has 0 bridgehead atoms. The van der Waals surface area contributed by atoms with Crippen molar-refractivity contribution in [3.63, 3.8) is 0 Å². The molecule has 1 heterocycles. The third-order valence-corrected chi connectivity index (χ3v) is 3.23. The fourth-order valence-corrected chi connectivity index (χ4v) is 2.17. The van der Waals surface area contributed by atoms with Gasteiger partial charge in [0.1, 0.15) is 0 Å². The summed E-state index contributed by atoms with van der Waals surface area (Å²) in [5.41, 5.74) is 3.74. The van der Waals surface area contributed by atoms with Gasteiger partial charge in [-0.25, -0.2) is 4.98 Å². The van der Waals surface area contributed by atoms with E-state index in [1.807, 2.05) is 6.92 Å². The number of aromatic nitrogens is 2. The second-order valence-electron chi connectivity index (χ2n) is 5.26. The van der Waals surface area contributed by atoms with Gasteiger partial charge in [0.05, 0.1) is 12.2 Å². The van der Waals surface area contributed by atoms with E-state index in [4.69, 9.17) is 0 Å². The van der Waals surface area contributed by atoms with Gasteiger partial charge in [0.2, 0.25) is 5.95 Å². The summed E-state index contributed by atoms with van der Waals surface area (Å²) < 4.78 is 2.17. The van der Waals surface area contributed by atoms with Crippen LogP contribution in [0, 0.1) is 6.92 Å². The van der Waals surface area contributed by atoms with Crippen molar-refractivity contribution in [1.82, 2.24) is 9.55 Å². The SMILES string of the molecule is CCNc1nc(C)cn1Cc1ccc(C(C)C)cc1. The van der Waals surface area contributed by atoms with Crippen molar-refractivity contribution in [3.8, 4) is 0 Å². The summed E-state index contributed by atoms with van der Waals surface area (Å²) in [6.45, 7) is 10.3. The van der Waals surface area contributed by atoms with Gasteiger partial charge in [0, 0.05) is 12.7 Å². The molecule has 0 atom stereocenters. The van der Waals surface area contributed by atoms with Crippen LogP contribution in [0.2, 0.25) is 0 Å². The first kappa shape index (κ1) is 13.7. The first-order chi connectivity index (χ1) is 9.10. The lowest BCUT2D eigenvalue weighted by atomic mass is 10.0. The summed E-state index contributed by atoms with van der Waals surface area (Å²) in [5, 5.41) is 3.30. The zero-order valence-electron chi connectivity index (χ0n) is 12.3. The van der Waals surface area contributed by atoms with Crippen molar-refractivity contribution in [2.45, 2.75) is 40.2 Å². The Balaban J connectivity index is 2.16. The van der Waals surface area contributed by atoms with E-state index in [1.54, 1.807) is 0 Å². The maximum atomic E-state index is 4.49. The van der Waals surface area contributed by atoms with Crippen molar-refractivity contribution >= 4 is 5.95 Å². The number of anilines is 1. The first-order valence-corrected chi connectivity index (χ1v) is 6.96. The Labute approximate surface area is 115 Å². The molecule has 0 aliphatic carbocycles. The molecule has 0 fully saturated rings. The minimum Gasteiger partial charge on any atom is -0.356 e. The van der Waals surface area contributed by atoms with E-state index < -0.39 is 0 Å². The molecule has 1 aromatic carbocycles. The molecule has 0 saturated heterocycles. The molecular formula is C16H23N3. The minimum atomic E-state index is 0.585. The lowest BCUT2D eigenvalue weighted by Crippen LogP contribution is -2.07. The highest BCUT2D eigenvalue weighted by Crippen LogP contribution is 2.17. The summed E-state index contributed by atoms with van der Waals surface area (Å²) in [6, 6.07) is 8.86. The normalized spacial score (nSPS) is 11.0. The maximum Gasteiger partial charge on any atom is 0.203 e. The van der Waals surface area contributed by atoms with Crippen molar-refractivity contribution in [1.29, 1.82) is 0 Å². The first-order valence-electron chi connectivity index (χ1n) is 6.96. The molecule has 0 radical (unpaired) electrons. The van der Waals surface area contributed by atoms with E-state index in [-0.39, 0.29) is 0 Å². The molecule has 0 amide bonds. The molecule has 0 aliphatic heterocycles. The monoisotopic (exact) mass is 257 g/mol. The largest absolute Gasteiger partial charge is 0.356 e. The highest BCUT2D eigenvalue weighted by molar-refractivity contribution is 5.31. The Bertz CT molecular complexity index is 523. The summed E-state index contributed by atoms with van der Waals surface area (Å²) in [4.78, 5) is 4.49. The van der Waals surface area contributed by atoms with Gasteiger partial charge in [-0.3, -0.25) is 0 Å². The average Bonchev–Trinajstić information content (AvgIpc) is 2.71. The number of nitrogens with zero attached hydrogens (tertiary/aromatic N) is 2. The van der Waals surface area contributed by atoms with Gasteiger partial charge in [-0.15, -0.1) is 0 Å². The van der Waals surface area contributed by atoms with Crippen molar-refractivity contribution < 1.29 is 0 Å². The molecule has 1 N–H and O–H groups in total. The van der Waals surface area contributed by atoms with Gasteiger partial charge >= 0.3 is 0 Å². The molecule has 2 aromatic rings. The third kappa shape index (κ3) is 3.37. The van der Waals surface area contributed by atoms with E-state index in [9.17, 15) is 0 Å². The number of nitrogens with one attached hydrogen (secondary N) is 1. The molecule has 1 aromatic heterocycles. The van der Waals surface area contributed by atoms with Crippen LogP contribution in [0.1, 0.15) is 43.5 Å². The van der Waals surface area contributed by atoms with E-state index >= 15 is 0 Å². The fourth-order valence-electron chi connectivity index (χ4n) is 2.17. The van der Waals surface area contributed by atoms with Crippen LogP contribution in [0.4, 0.5) is 5.95 Å². The molecule has 19 heavy (non-hydrogen) atoms. The molecule has 0 saturated carbocycles. The van der Waals surface area contributed by atoms with Gasteiger partial charge in [-0.2, -0.15) is 0 Å². The van der Waals surface area contributed by atoms with Crippen LogP contribution in [0.15, 0.2) is 30.5 Å². The van der Waals surface area contributed by atoms with E-state index in [0.29, 0.717) is 5.92 Å². The van der Waals surface area contributed by atoms with E-state index in [2.05, 4.69) is 66.1 Å². The van der Waals surface area contributed by atoms with Gasteiger partial charge in [-0.05, 0) is 30.9 Å². The molecule has 3 heteroatoms. The highest BCUT2D eigenvalue weighted by atomic mass is 15.2. The predicted molar refractivity (Wildman–Crippen MR) is 80.8 cm³/mol. The van der Waals surface area contributed by atoms with Crippen LogP contribution in [0.5, 0.6) is 0 Å². The van der Waals surface area contributed by atoms with Gasteiger partial charge < -0.3 is 9.88 Å². The number of benzene rings is 1. The Morgan fingerprint density at radius 3 is 2.47 bits per heavy atom. The molecule has 102 valence electrons. The summed E-state index contributed by atoms with van der Waals surface area (Å²) in [5.74, 6) is 1.54. The molecule has 2 rings (SSSR count). The second kappa shape index (κ2) is 5.91. The number of rotatable bonds is 5. The van der Waals surface area contributed by atoms with Crippen molar-refractivity contribution in [2.24, 2.45) is 0 Å². The number of aryl methyl sites for hydroxylation is 1. The molecular weight excluding hydrogens is 234 g/mol. The summed E-state index contributed by atoms with van der Waals surface area (Å²) in [7, 11) is 0. The maximum absolute atomic E-state index is 4.49. The Morgan fingerprint density at radius 2 is 1.89 bits per heavy atom. The zero-order valence-corrected chi connectivity index (χ0v) is 12.3. The van der Waals surface area contributed by atoms with Gasteiger partial charge in [0.15, 0.2) is 0 Å². The lowest BCUT2D eigenvalue weighted by Gasteiger charge is -2.10. The van der Waals surface area contributed by atoms with E-state index in [0.717, 1.165) is 24.7 Å². The molecule has 0 unspecified atom stereocenters. The van der Waals surface area contributed by atoms with Crippen LogP contribution in [0.25, 0.3) is 0 Å². The second-order valence-corrected chi connectivity index (χ2v) is 5.26. The Hall–Kier alpha value is -1.77. The molecule has 3 nitrogen and oxygen atoms in total. The highest BCUT2D eigenvalue weighted by Gasteiger charge is 2.05. The lowest BCUT2D eigenvalue weighted by molar-refractivity contribution is 0.796. The fraction of sp³-hybridized carbons (Fsp3) is 0.438. The quantitative estimate of drug-likeness (QED) is 0.883. The summed E-state index contributed by atoms with van der Waals surface area (Å²) >= 11 is 0. The van der Waals surface area contributed by atoms with Crippen LogP contribution < -0.4 is 5.32 Å². The standard InChI is InChI=1S/C16H23N3/c1-5-17-16-18-13(4)10-19(16)11-14-6-8-15(9-7-14)12(2)3/h6-10,12H,5,11H2,1-4H3,(H,17,18). The third-order valence-electron chi connectivity index (χ3n) is 3.23. The van der Waals surface area contributed by atoms with Crippen LogP contribution >= 0.6 is 0 Å². The van der Waals surface area contributed by atoms with Crippen LogP contribution in [-0.2, 0) is 6.54 Å². The average molecular weight is 257 g/mol. The van der Waals surface area contributed by atoms with Gasteiger partial charge in [-0.1, -0.05) is 38.1 Å².